The Morgan fingerprint density at radius 2 is 2.21 bits per heavy atom. The molecular weight excluding hydrogens is 244 g/mol. The molecule has 0 atom stereocenters. The molecule has 2 aromatic heterocycles. The highest BCUT2D eigenvalue weighted by molar-refractivity contribution is 5.99. The quantitative estimate of drug-likeness (QED) is 0.839. The van der Waals surface area contributed by atoms with Crippen molar-refractivity contribution in [1.29, 1.82) is 0 Å². The summed E-state index contributed by atoms with van der Waals surface area (Å²) in [6, 6.07) is 3.98. The van der Waals surface area contributed by atoms with Gasteiger partial charge in [-0.05, 0) is 12.1 Å². The van der Waals surface area contributed by atoms with Gasteiger partial charge in [0.1, 0.15) is 0 Å². The van der Waals surface area contributed by atoms with Gasteiger partial charge in [-0.2, -0.15) is 5.10 Å². The Kier molecular flexibility index (Phi) is 1.98. The Morgan fingerprint density at radius 3 is 2.84 bits per heavy atom. The molecule has 98 valence electrons. The molecule has 0 saturated carbocycles. The van der Waals surface area contributed by atoms with Crippen molar-refractivity contribution in [3.63, 3.8) is 0 Å². The topological polar surface area (TPSA) is 72.9 Å². The number of fused-ring (bicyclic) bond motifs is 1. The fourth-order valence-corrected chi connectivity index (χ4v) is 2.88. The maximum Gasteiger partial charge on any atom is 0.252 e. The van der Waals surface area contributed by atoms with Crippen LogP contribution < -0.4 is 10.6 Å². The molecule has 0 unspecified atom stereocenters. The highest BCUT2D eigenvalue weighted by Gasteiger charge is 2.49. The Morgan fingerprint density at radius 1 is 1.42 bits per heavy atom. The van der Waals surface area contributed by atoms with Crippen LogP contribution in [-0.4, -0.2) is 41.8 Å². The summed E-state index contributed by atoms with van der Waals surface area (Å²) in [5.41, 5.74) is 8.05. The molecular formula is C13H14N4O2. The molecule has 2 saturated heterocycles. The van der Waals surface area contributed by atoms with E-state index < -0.39 is 5.91 Å². The number of hydrogen-bond donors (Lipinski definition) is 1. The van der Waals surface area contributed by atoms with Gasteiger partial charge in [-0.25, -0.2) is 4.52 Å². The van der Waals surface area contributed by atoms with Gasteiger partial charge in [0.05, 0.1) is 35.9 Å². The Hall–Kier alpha value is -2.08. The largest absolute Gasteiger partial charge is 0.380 e. The molecule has 6 heteroatoms. The minimum Gasteiger partial charge on any atom is -0.380 e. The van der Waals surface area contributed by atoms with E-state index in [9.17, 15) is 4.79 Å². The van der Waals surface area contributed by atoms with E-state index in [1.165, 1.54) is 6.20 Å². The number of hydrogen-bond acceptors (Lipinski definition) is 4. The van der Waals surface area contributed by atoms with Crippen LogP contribution >= 0.6 is 0 Å². The zero-order valence-electron chi connectivity index (χ0n) is 10.4. The van der Waals surface area contributed by atoms with E-state index in [0.29, 0.717) is 11.0 Å². The molecule has 1 amide bonds. The number of amides is 1. The average Bonchev–Trinajstić information content (AvgIpc) is 2.68. The lowest BCUT2D eigenvalue weighted by atomic mass is 9.78. The van der Waals surface area contributed by atoms with Gasteiger partial charge >= 0.3 is 0 Å². The van der Waals surface area contributed by atoms with Gasteiger partial charge in [0, 0.05) is 25.0 Å². The van der Waals surface area contributed by atoms with Crippen molar-refractivity contribution in [2.75, 3.05) is 31.2 Å². The van der Waals surface area contributed by atoms with Crippen LogP contribution in [0.1, 0.15) is 10.4 Å². The lowest BCUT2D eigenvalue weighted by molar-refractivity contribution is -0.127. The Balaban J connectivity index is 1.68. The molecule has 1 spiro atoms. The highest BCUT2D eigenvalue weighted by atomic mass is 16.5. The third-order valence-corrected chi connectivity index (χ3v) is 4.00. The van der Waals surface area contributed by atoms with Crippen LogP contribution in [0.25, 0.3) is 5.52 Å². The second-order valence-corrected chi connectivity index (χ2v) is 5.49. The van der Waals surface area contributed by atoms with Gasteiger partial charge in [-0.1, -0.05) is 0 Å². The van der Waals surface area contributed by atoms with Crippen LogP contribution in [0.4, 0.5) is 5.69 Å². The molecule has 0 aromatic carbocycles. The number of carbonyl (C=O) groups excluding carboxylic acids is 1. The van der Waals surface area contributed by atoms with E-state index in [0.717, 1.165) is 37.5 Å². The minimum absolute atomic E-state index is 0.374. The van der Waals surface area contributed by atoms with Gasteiger partial charge in [0.25, 0.3) is 5.91 Å². The average molecular weight is 258 g/mol. The van der Waals surface area contributed by atoms with Crippen molar-refractivity contribution >= 4 is 17.1 Å². The van der Waals surface area contributed by atoms with Crippen LogP contribution in [0.5, 0.6) is 0 Å². The number of ether oxygens (including phenoxy) is 1. The first-order valence-corrected chi connectivity index (χ1v) is 6.27. The first kappa shape index (κ1) is 10.8. The number of primary amides is 1. The summed E-state index contributed by atoms with van der Waals surface area (Å²) in [5.74, 6) is -0.445. The summed E-state index contributed by atoms with van der Waals surface area (Å²) in [5, 5.41) is 4.12. The van der Waals surface area contributed by atoms with Crippen LogP contribution in [-0.2, 0) is 4.74 Å². The van der Waals surface area contributed by atoms with Crippen LogP contribution in [0.15, 0.2) is 24.5 Å². The molecule has 19 heavy (non-hydrogen) atoms. The number of pyridine rings is 1. The van der Waals surface area contributed by atoms with Crippen molar-refractivity contribution in [2.45, 2.75) is 0 Å². The molecule has 2 aliphatic heterocycles. The van der Waals surface area contributed by atoms with Crippen molar-refractivity contribution in [1.82, 2.24) is 9.61 Å². The number of nitrogens with two attached hydrogens (primary N) is 1. The molecule has 2 aliphatic rings. The zero-order chi connectivity index (χ0) is 13.0. The third kappa shape index (κ3) is 1.46. The number of carbonyl (C=O) groups is 1. The van der Waals surface area contributed by atoms with E-state index >= 15 is 0 Å². The first-order chi connectivity index (χ1) is 9.17. The standard InChI is InChI=1S/C13H14N4O2/c14-12(18)10-4-15-17-2-1-9(3-11(10)17)16-5-13(6-16)7-19-8-13/h1-4H,5-8H2,(H2,14,18). The normalized spacial score (nSPS) is 20.3. The van der Waals surface area contributed by atoms with Gasteiger partial charge in [0.2, 0.25) is 0 Å². The van der Waals surface area contributed by atoms with Crippen molar-refractivity contribution in [3.8, 4) is 0 Å². The van der Waals surface area contributed by atoms with Gasteiger partial charge < -0.3 is 15.4 Å². The number of nitrogens with zero attached hydrogens (tertiary/aromatic N) is 3. The minimum atomic E-state index is -0.445. The molecule has 0 bridgehead atoms. The molecule has 6 nitrogen and oxygen atoms in total. The fourth-order valence-electron chi connectivity index (χ4n) is 2.88. The number of aromatic nitrogens is 2. The summed E-state index contributed by atoms with van der Waals surface area (Å²) in [6.07, 6.45) is 3.37. The molecule has 2 aromatic rings. The maximum absolute atomic E-state index is 11.3. The predicted octanol–water partition coefficient (Wildman–Crippen LogP) is 0.270. The van der Waals surface area contributed by atoms with E-state index in [2.05, 4.69) is 10.00 Å². The molecule has 0 aliphatic carbocycles. The van der Waals surface area contributed by atoms with Gasteiger partial charge in [-0.15, -0.1) is 0 Å². The molecule has 4 rings (SSSR count). The molecule has 2 fully saturated rings. The number of anilines is 1. The maximum atomic E-state index is 11.3. The third-order valence-electron chi connectivity index (χ3n) is 4.00. The molecule has 4 heterocycles. The van der Waals surface area contributed by atoms with Crippen LogP contribution in [0.2, 0.25) is 0 Å². The summed E-state index contributed by atoms with van der Waals surface area (Å²) in [4.78, 5) is 13.6. The lowest BCUT2D eigenvalue weighted by Crippen LogP contribution is -2.66. The fraction of sp³-hybridized carbons (Fsp3) is 0.385. The van der Waals surface area contributed by atoms with E-state index in [4.69, 9.17) is 10.5 Å². The monoisotopic (exact) mass is 258 g/mol. The second kappa shape index (κ2) is 3.48. The molecule has 0 radical (unpaired) electrons. The first-order valence-electron chi connectivity index (χ1n) is 6.27. The SMILES string of the molecule is NC(=O)c1cnn2ccc(N3CC4(COC4)C3)cc12. The second-order valence-electron chi connectivity index (χ2n) is 5.49. The smallest absolute Gasteiger partial charge is 0.252 e. The summed E-state index contributed by atoms with van der Waals surface area (Å²) >= 11 is 0. The lowest BCUT2D eigenvalue weighted by Gasteiger charge is -2.56. The zero-order valence-corrected chi connectivity index (χ0v) is 10.4. The Labute approximate surface area is 109 Å². The number of rotatable bonds is 2. The van der Waals surface area contributed by atoms with E-state index in [1.54, 1.807) is 4.52 Å². The summed E-state index contributed by atoms with van der Waals surface area (Å²) in [6.45, 7) is 3.77. The van der Waals surface area contributed by atoms with E-state index in [-0.39, 0.29) is 0 Å². The van der Waals surface area contributed by atoms with E-state index in [1.807, 2.05) is 18.3 Å². The van der Waals surface area contributed by atoms with Crippen LogP contribution in [0, 0.1) is 5.41 Å². The van der Waals surface area contributed by atoms with Crippen LogP contribution in [0.3, 0.4) is 0 Å². The van der Waals surface area contributed by atoms with Gasteiger partial charge in [-0.3, -0.25) is 4.79 Å². The Bertz CT molecular complexity index is 666. The molecule has 2 N–H and O–H groups in total. The van der Waals surface area contributed by atoms with Crippen molar-refractivity contribution in [2.24, 2.45) is 11.1 Å². The van der Waals surface area contributed by atoms with Gasteiger partial charge in [0.15, 0.2) is 0 Å². The summed E-state index contributed by atoms with van der Waals surface area (Å²) in [7, 11) is 0. The van der Waals surface area contributed by atoms with Crippen molar-refractivity contribution in [3.05, 3.63) is 30.1 Å². The highest BCUT2D eigenvalue weighted by Crippen LogP contribution is 2.40. The predicted molar refractivity (Wildman–Crippen MR) is 69.2 cm³/mol. The van der Waals surface area contributed by atoms with Crippen molar-refractivity contribution < 1.29 is 9.53 Å². The summed E-state index contributed by atoms with van der Waals surface area (Å²) < 4.78 is 6.94.